The van der Waals surface area contributed by atoms with Crippen LogP contribution < -0.4 is 15.0 Å². The first kappa shape index (κ1) is 19.2. The lowest BCUT2D eigenvalue weighted by atomic mass is 10.0. The first-order valence-corrected chi connectivity index (χ1v) is 9.44. The van der Waals surface area contributed by atoms with E-state index in [2.05, 4.69) is 17.2 Å². The number of hydrogen-bond donors (Lipinski definition) is 3. The molecule has 1 aromatic carbocycles. The molecule has 0 radical (unpaired) electrons. The van der Waals surface area contributed by atoms with E-state index in [4.69, 9.17) is 9.47 Å². The fraction of sp³-hybridized carbons (Fsp3) is 0.500. The average molecular weight is 374 g/mol. The molecular weight excluding hydrogens is 346 g/mol. The molecule has 1 aromatic heterocycles. The van der Waals surface area contributed by atoms with Crippen LogP contribution in [0.3, 0.4) is 0 Å². The molecule has 0 saturated carbocycles. The standard InChI is InChI=1S/C20H27N3O4/c1-13-6-5-10-23(12-13)11-9-16(24)22-18-17-14(7-4-8-15(17)26-2)21-19(18)20(25)27-3/h4,7-8,13,21H,5-6,9-12H2,1-3H3,(H,22,24)/p+1/t13-/m0/s1. The maximum Gasteiger partial charge on any atom is 0.356 e. The number of quaternary nitrogens is 1. The van der Waals surface area contributed by atoms with Gasteiger partial charge in [0.25, 0.3) is 0 Å². The van der Waals surface area contributed by atoms with Crippen LogP contribution in [0, 0.1) is 5.92 Å². The highest BCUT2D eigenvalue weighted by molar-refractivity contribution is 6.12. The molecule has 0 aliphatic carbocycles. The predicted molar refractivity (Wildman–Crippen MR) is 103 cm³/mol. The molecule has 27 heavy (non-hydrogen) atoms. The molecular formula is C20H28N3O4+. The Hall–Kier alpha value is -2.54. The summed E-state index contributed by atoms with van der Waals surface area (Å²) in [6, 6.07) is 5.45. The summed E-state index contributed by atoms with van der Waals surface area (Å²) in [7, 11) is 2.88. The molecule has 1 aliphatic heterocycles. The summed E-state index contributed by atoms with van der Waals surface area (Å²) in [6.07, 6.45) is 2.89. The molecule has 1 aliphatic rings. The molecule has 146 valence electrons. The van der Waals surface area contributed by atoms with Gasteiger partial charge in [-0.3, -0.25) is 4.79 Å². The second-order valence-corrected chi connectivity index (χ2v) is 7.25. The van der Waals surface area contributed by atoms with Gasteiger partial charge in [-0.2, -0.15) is 0 Å². The number of anilines is 1. The van der Waals surface area contributed by atoms with Gasteiger partial charge >= 0.3 is 5.97 Å². The van der Waals surface area contributed by atoms with E-state index < -0.39 is 5.97 Å². The van der Waals surface area contributed by atoms with Crippen molar-refractivity contribution in [3.05, 3.63) is 23.9 Å². The first-order valence-electron chi connectivity index (χ1n) is 9.44. The van der Waals surface area contributed by atoms with Crippen molar-refractivity contribution in [2.75, 3.05) is 39.2 Å². The number of esters is 1. The van der Waals surface area contributed by atoms with Crippen LogP contribution in [-0.2, 0) is 9.53 Å². The Morgan fingerprint density at radius 3 is 2.85 bits per heavy atom. The lowest BCUT2D eigenvalue weighted by molar-refractivity contribution is -0.907. The average Bonchev–Trinajstić information content (AvgIpc) is 3.04. The van der Waals surface area contributed by atoms with Gasteiger partial charge in [0.2, 0.25) is 5.91 Å². The van der Waals surface area contributed by atoms with Crippen LogP contribution in [0.2, 0.25) is 0 Å². The molecule has 3 N–H and O–H groups in total. The zero-order valence-corrected chi connectivity index (χ0v) is 16.2. The summed E-state index contributed by atoms with van der Waals surface area (Å²) < 4.78 is 10.3. The minimum atomic E-state index is -0.529. The summed E-state index contributed by atoms with van der Waals surface area (Å²) in [5, 5.41) is 3.58. The zero-order chi connectivity index (χ0) is 19.4. The molecule has 1 saturated heterocycles. The number of carbonyl (C=O) groups is 2. The van der Waals surface area contributed by atoms with Crippen LogP contribution in [0.5, 0.6) is 5.75 Å². The summed E-state index contributed by atoms with van der Waals surface area (Å²) in [4.78, 5) is 29.3. The molecule has 7 heteroatoms. The Morgan fingerprint density at radius 1 is 1.33 bits per heavy atom. The molecule has 0 bridgehead atoms. The normalized spacial score (nSPS) is 19.7. The van der Waals surface area contributed by atoms with Gasteiger partial charge in [0, 0.05) is 5.92 Å². The van der Waals surface area contributed by atoms with E-state index in [0.717, 1.165) is 19.6 Å². The molecule has 1 unspecified atom stereocenters. The number of hydrogen-bond acceptors (Lipinski definition) is 4. The monoisotopic (exact) mass is 374 g/mol. The van der Waals surface area contributed by atoms with Crippen LogP contribution in [0.1, 0.15) is 36.7 Å². The van der Waals surface area contributed by atoms with Gasteiger partial charge in [-0.05, 0) is 25.0 Å². The third-order valence-corrected chi connectivity index (χ3v) is 5.23. The molecule has 2 aromatic rings. The van der Waals surface area contributed by atoms with Gasteiger partial charge in [-0.1, -0.05) is 13.0 Å². The van der Waals surface area contributed by atoms with E-state index in [1.54, 1.807) is 13.2 Å². The van der Waals surface area contributed by atoms with Crippen LogP contribution in [0.15, 0.2) is 18.2 Å². The predicted octanol–water partition coefficient (Wildman–Crippen LogP) is 1.61. The number of likely N-dealkylation sites (tertiary alicyclic amines) is 1. The first-order chi connectivity index (χ1) is 13.0. The number of rotatable bonds is 6. The molecule has 2 atom stereocenters. The number of piperidine rings is 1. The Balaban J connectivity index is 1.80. The van der Waals surface area contributed by atoms with Gasteiger partial charge in [-0.25, -0.2) is 4.79 Å². The van der Waals surface area contributed by atoms with Crippen molar-refractivity contribution in [2.45, 2.75) is 26.2 Å². The molecule has 1 amide bonds. The van der Waals surface area contributed by atoms with Crippen molar-refractivity contribution in [1.82, 2.24) is 4.98 Å². The fourth-order valence-corrected chi connectivity index (χ4v) is 3.88. The highest BCUT2D eigenvalue weighted by Gasteiger charge is 2.24. The zero-order valence-electron chi connectivity index (χ0n) is 16.2. The largest absolute Gasteiger partial charge is 0.496 e. The highest BCUT2D eigenvalue weighted by Crippen LogP contribution is 2.35. The van der Waals surface area contributed by atoms with Crippen molar-refractivity contribution in [1.29, 1.82) is 0 Å². The van der Waals surface area contributed by atoms with Crippen LogP contribution >= 0.6 is 0 Å². The summed E-state index contributed by atoms with van der Waals surface area (Å²) in [5.41, 5.74) is 1.35. The number of ether oxygens (including phenoxy) is 2. The van der Waals surface area contributed by atoms with E-state index in [1.165, 1.54) is 24.9 Å². The van der Waals surface area contributed by atoms with E-state index in [0.29, 0.717) is 34.7 Å². The minimum absolute atomic E-state index is 0.113. The van der Waals surface area contributed by atoms with Gasteiger partial charge in [0.05, 0.1) is 56.9 Å². The van der Waals surface area contributed by atoms with E-state index >= 15 is 0 Å². The lowest BCUT2D eigenvalue weighted by Crippen LogP contribution is -3.13. The second kappa shape index (κ2) is 8.43. The fourth-order valence-electron chi connectivity index (χ4n) is 3.88. The van der Waals surface area contributed by atoms with E-state index in [-0.39, 0.29) is 11.6 Å². The lowest BCUT2D eigenvalue weighted by Gasteiger charge is -2.27. The van der Waals surface area contributed by atoms with Gasteiger partial charge < -0.3 is 24.7 Å². The Bertz CT molecular complexity index is 830. The molecule has 0 spiro atoms. The second-order valence-electron chi connectivity index (χ2n) is 7.25. The van der Waals surface area contributed by atoms with Crippen LogP contribution in [0.4, 0.5) is 5.69 Å². The molecule has 7 nitrogen and oxygen atoms in total. The number of aromatic nitrogens is 1. The summed E-state index contributed by atoms with van der Waals surface area (Å²) in [6.45, 7) is 5.29. The number of fused-ring (bicyclic) bond motifs is 1. The van der Waals surface area contributed by atoms with E-state index in [9.17, 15) is 9.59 Å². The number of aromatic amines is 1. The van der Waals surface area contributed by atoms with Crippen molar-refractivity contribution >= 4 is 28.5 Å². The number of methoxy groups -OCH3 is 2. The van der Waals surface area contributed by atoms with E-state index in [1.807, 2.05) is 12.1 Å². The highest BCUT2D eigenvalue weighted by atomic mass is 16.5. The maximum atomic E-state index is 12.6. The topological polar surface area (TPSA) is 84.9 Å². The van der Waals surface area contributed by atoms with Gasteiger partial charge in [0.15, 0.2) is 0 Å². The van der Waals surface area contributed by atoms with Crippen molar-refractivity contribution in [3.63, 3.8) is 0 Å². The van der Waals surface area contributed by atoms with Crippen LogP contribution in [-0.4, -0.2) is 50.7 Å². The quantitative estimate of drug-likeness (QED) is 0.671. The molecule has 3 rings (SSSR count). The Labute approximate surface area is 159 Å². The van der Waals surface area contributed by atoms with Crippen molar-refractivity contribution in [3.8, 4) is 5.75 Å². The van der Waals surface area contributed by atoms with Crippen molar-refractivity contribution in [2.24, 2.45) is 5.92 Å². The third-order valence-electron chi connectivity index (χ3n) is 5.23. The third kappa shape index (κ3) is 4.24. The SMILES string of the molecule is COC(=O)c1[nH]c2cccc(OC)c2c1NC(=O)CC[NH+]1CCC[C@H](C)C1. The van der Waals surface area contributed by atoms with Gasteiger partial charge in [-0.15, -0.1) is 0 Å². The number of carbonyl (C=O) groups excluding carboxylic acids is 2. The Morgan fingerprint density at radius 2 is 2.15 bits per heavy atom. The molecule has 1 fully saturated rings. The number of benzene rings is 1. The number of nitrogens with one attached hydrogen (secondary N) is 3. The molecule has 2 heterocycles. The summed E-state index contributed by atoms with van der Waals surface area (Å²) >= 11 is 0. The number of amides is 1. The maximum absolute atomic E-state index is 12.6. The van der Waals surface area contributed by atoms with Gasteiger partial charge in [0.1, 0.15) is 11.4 Å². The summed E-state index contributed by atoms with van der Waals surface area (Å²) in [5.74, 6) is 0.655. The number of H-pyrrole nitrogens is 1. The minimum Gasteiger partial charge on any atom is -0.496 e. The Kier molecular flexibility index (Phi) is 6.01. The smallest absolute Gasteiger partial charge is 0.356 e. The van der Waals surface area contributed by atoms with Crippen molar-refractivity contribution < 1.29 is 24.0 Å². The van der Waals surface area contributed by atoms with Crippen LogP contribution in [0.25, 0.3) is 10.9 Å².